The second kappa shape index (κ2) is 9.13. The molecule has 4 bridgehead atoms. The van der Waals surface area contributed by atoms with Gasteiger partial charge in [0.05, 0.1) is 30.3 Å². The van der Waals surface area contributed by atoms with Gasteiger partial charge in [-0.3, -0.25) is 0 Å². The van der Waals surface area contributed by atoms with E-state index in [1.54, 1.807) is 25.2 Å². The van der Waals surface area contributed by atoms with Crippen LogP contribution in [0.15, 0.2) is 47.6 Å². The SMILES string of the molecule is CC1=C[C@H]2O[C@@H]3C[C@H]4OC(=O)/C=C\C=C\C5OC(OC5C)C(O)/C(C)=C/C(=O)OC[C@@]2(CC1)[C@]4(C)C31CO1. The van der Waals surface area contributed by atoms with Gasteiger partial charge in [-0.25, -0.2) is 9.59 Å². The van der Waals surface area contributed by atoms with Crippen LogP contribution in [0.5, 0.6) is 0 Å². The van der Waals surface area contributed by atoms with Gasteiger partial charge in [0.15, 0.2) is 6.29 Å². The monoisotopic (exact) mass is 528 g/mol. The number of aliphatic hydroxyl groups is 1. The van der Waals surface area contributed by atoms with Gasteiger partial charge in [-0.1, -0.05) is 36.8 Å². The van der Waals surface area contributed by atoms with Crippen molar-refractivity contribution < 1.29 is 43.1 Å². The minimum atomic E-state index is -1.14. The fourth-order valence-corrected chi connectivity index (χ4v) is 7.29. The van der Waals surface area contributed by atoms with Crippen LogP contribution < -0.4 is 0 Å². The van der Waals surface area contributed by atoms with E-state index >= 15 is 0 Å². The van der Waals surface area contributed by atoms with Crippen molar-refractivity contribution in [2.24, 2.45) is 10.8 Å². The molecule has 10 atom stereocenters. The topological polar surface area (TPSA) is 113 Å². The second-order valence-electron chi connectivity index (χ2n) is 11.8. The van der Waals surface area contributed by atoms with E-state index in [1.165, 1.54) is 17.7 Å². The molecule has 5 unspecified atom stereocenters. The lowest BCUT2D eigenvalue weighted by Crippen LogP contribution is -2.66. The Morgan fingerprint density at radius 3 is 2.58 bits per heavy atom. The third kappa shape index (κ3) is 3.78. The number of cyclic esters (lactones) is 1. The van der Waals surface area contributed by atoms with Crippen LogP contribution in [0.1, 0.15) is 47.0 Å². The van der Waals surface area contributed by atoms with E-state index in [0.29, 0.717) is 25.0 Å². The highest BCUT2D eigenvalue weighted by Crippen LogP contribution is 2.72. The van der Waals surface area contributed by atoms with Crippen LogP contribution >= 0.6 is 0 Å². The summed E-state index contributed by atoms with van der Waals surface area (Å²) in [5, 5.41) is 10.8. The molecule has 0 aromatic heterocycles. The molecule has 1 saturated carbocycles. The Kier molecular flexibility index (Phi) is 6.23. The van der Waals surface area contributed by atoms with Gasteiger partial charge < -0.3 is 33.5 Å². The van der Waals surface area contributed by atoms with Crippen LogP contribution in [-0.4, -0.2) is 78.8 Å². The number of hydrogen-bond donors (Lipinski definition) is 1. The predicted octanol–water partition coefficient (Wildman–Crippen LogP) is 2.68. The average molecular weight is 529 g/mol. The van der Waals surface area contributed by atoms with Crippen molar-refractivity contribution in [3.8, 4) is 0 Å². The number of aliphatic hydroxyl groups excluding tert-OH is 1. The van der Waals surface area contributed by atoms with Crippen LogP contribution in [0.25, 0.3) is 0 Å². The van der Waals surface area contributed by atoms with Crippen LogP contribution in [0, 0.1) is 10.8 Å². The molecule has 3 saturated heterocycles. The molecule has 0 aromatic carbocycles. The first-order valence-corrected chi connectivity index (χ1v) is 13.5. The Balaban J connectivity index is 1.39. The molecular weight excluding hydrogens is 492 g/mol. The number of hydrogen-bond acceptors (Lipinski definition) is 9. The minimum absolute atomic E-state index is 0.0661. The summed E-state index contributed by atoms with van der Waals surface area (Å²) in [6.07, 6.45) is 8.09. The van der Waals surface area contributed by atoms with Gasteiger partial charge in [-0.15, -0.1) is 0 Å². The maximum atomic E-state index is 13.1. The Bertz CT molecular complexity index is 1130. The van der Waals surface area contributed by atoms with E-state index in [-0.39, 0.29) is 24.9 Å². The molecule has 0 radical (unpaired) electrons. The zero-order valence-electron chi connectivity index (χ0n) is 22.3. The lowest BCUT2D eigenvalue weighted by Gasteiger charge is -2.58. The number of carbonyl (C=O) groups excluding carboxylic acids is 2. The van der Waals surface area contributed by atoms with Gasteiger partial charge in [-0.05, 0) is 39.2 Å². The Morgan fingerprint density at radius 1 is 1.03 bits per heavy atom. The van der Waals surface area contributed by atoms with Crippen molar-refractivity contribution in [1.82, 2.24) is 0 Å². The number of esters is 2. The Labute approximate surface area is 222 Å². The van der Waals surface area contributed by atoms with Crippen molar-refractivity contribution in [2.45, 2.75) is 95.5 Å². The van der Waals surface area contributed by atoms with Gasteiger partial charge >= 0.3 is 11.9 Å². The maximum absolute atomic E-state index is 13.1. The summed E-state index contributed by atoms with van der Waals surface area (Å²) in [5.74, 6) is -1.03. The quantitative estimate of drug-likeness (QED) is 0.288. The normalized spacial score (nSPS) is 51.4. The third-order valence-corrected chi connectivity index (χ3v) is 9.76. The molecule has 0 amide bonds. The number of epoxide rings is 1. The van der Waals surface area contributed by atoms with Gasteiger partial charge in [-0.2, -0.15) is 0 Å². The average Bonchev–Trinajstić information content (AvgIpc) is 3.57. The van der Waals surface area contributed by atoms with Crippen molar-refractivity contribution in [2.75, 3.05) is 13.2 Å². The Morgan fingerprint density at radius 2 is 1.82 bits per heavy atom. The third-order valence-electron chi connectivity index (χ3n) is 9.76. The molecule has 4 heterocycles. The molecule has 1 N–H and O–H groups in total. The van der Waals surface area contributed by atoms with E-state index in [0.717, 1.165) is 6.42 Å². The second-order valence-corrected chi connectivity index (χ2v) is 11.8. The molecule has 206 valence electrons. The summed E-state index contributed by atoms with van der Waals surface area (Å²) in [4.78, 5) is 26.0. The van der Waals surface area contributed by atoms with E-state index in [9.17, 15) is 14.7 Å². The minimum Gasteiger partial charge on any atom is -0.462 e. The lowest BCUT2D eigenvalue weighted by molar-refractivity contribution is -0.232. The van der Waals surface area contributed by atoms with Crippen molar-refractivity contribution >= 4 is 11.9 Å². The largest absolute Gasteiger partial charge is 0.462 e. The molecule has 6 aliphatic rings. The first-order chi connectivity index (χ1) is 18.1. The number of carbonyl (C=O) groups is 2. The predicted molar refractivity (Wildman–Crippen MR) is 134 cm³/mol. The molecule has 4 aliphatic heterocycles. The lowest BCUT2D eigenvalue weighted by atomic mass is 9.51. The number of rotatable bonds is 0. The molecule has 0 aromatic rings. The summed E-state index contributed by atoms with van der Waals surface area (Å²) in [6, 6.07) is 0. The fourth-order valence-electron chi connectivity index (χ4n) is 7.29. The standard InChI is InChI=1S/C29H36O9/c1-16-9-10-28-14-33-24(31)12-17(2)25(32)26-35-18(3)19(36-26)7-5-6-8-23(30)38-20-13-22(37-21(28)11-16)29(15-34-29)27(20,28)4/h5-8,11-12,18-22,25-26,32H,9-10,13-15H2,1-4H3/b7-5+,8-6-,17-12+/t18?,19?,20-,21-,22-,25?,26?,27-,28-,29?/m1/s1. The van der Waals surface area contributed by atoms with Crippen LogP contribution in [0.3, 0.4) is 0 Å². The van der Waals surface area contributed by atoms with E-state index < -0.39 is 53.0 Å². The smallest absolute Gasteiger partial charge is 0.331 e. The van der Waals surface area contributed by atoms with Crippen LogP contribution in [-0.2, 0) is 38.0 Å². The number of allylic oxidation sites excluding steroid dienone is 3. The molecule has 9 heteroatoms. The fraction of sp³-hybridized carbons (Fsp3) is 0.655. The molecule has 2 aliphatic carbocycles. The van der Waals surface area contributed by atoms with Crippen LogP contribution in [0.4, 0.5) is 0 Å². The van der Waals surface area contributed by atoms with Crippen molar-refractivity contribution in [3.05, 3.63) is 47.6 Å². The van der Waals surface area contributed by atoms with Gasteiger partial charge in [0.2, 0.25) is 0 Å². The zero-order chi connectivity index (χ0) is 26.9. The summed E-state index contributed by atoms with van der Waals surface area (Å²) in [5.41, 5.74) is -0.284. The summed E-state index contributed by atoms with van der Waals surface area (Å²) >= 11 is 0. The van der Waals surface area contributed by atoms with Crippen molar-refractivity contribution in [1.29, 1.82) is 0 Å². The van der Waals surface area contributed by atoms with Crippen LogP contribution in [0.2, 0.25) is 0 Å². The van der Waals surface area contributed by atoms with E-state index in [2.05, 4.69) is 19.9 Å². The molecule has 6 rings (SSSR count). The van der Waals surface area contributed by atoms with E-state index in [4.69, 9.17) is 28.4 Å². The number of ether oxygens (including phenoxy) is 6. The maximum Gasteiger partial charge on any atom is 0.331 e. The van der Waals surface area contributed by atoms with Gasteiger partial charge in [0.1, 0.15) is 30.5 Å². The Hall–Kier alpha value is -2.30. The first kappa shape index (κ1) is 26.0. The van der Waals surface area contributed by atoms with Gasteiger partial charge in [0, 0.05) is 24.0 Å². The first-order valence-electron chi connectivity index (χ1n) is 13.5. The highest BCUT2D eigenvalue weighted by atomic mass is 16.7. The molecule has 2 spiro atoms. The highest BCUT2D eigenvalue weighted by molar-refractivity contribution is 5.83. The molecule has 9 nitrogen and oxygen atoms in total. The summed E-state index contributed by atoms with van der Waals surface area (Å²) in [7, 11) is 0. The zero-order valence-corrected chi connectivity index (χ0v) is 22.3. The van der Waals surface area contributed by atoms with Crippen molar-refractivity contribution in [3.63, 3.8) is 0 Å². The summed E-state index contributed by atoms with van der Waals surface area (Å²) in [6.45, 7) is 8.24. The number of fused-ring (bicyclic) bond motifs is 2. The highest BCUT2D eigenvalue weighted by Gasteiger charge is 2.83. The molecule has 4 fully saturated rings. The molecular formula is C29H36O9. The molecule has 38 heavy (non-hydrogen) atoms. The summed E-state index contributed by atoms with van der Waals surface area (Å²) < 4.78 is 36.4. The van der Waals surface area contributed by atoms with Gasteiger partial charge in [0.25, 0.3) is 0 Å². The van der Waals surface area contributed by atoms with E-state index in [1.807, 2.05) is 6.92 Å².